The van der Waals surface area contributed by atoms with Crippen molar-refractivity contribution in [3.05, 3.63) is 35.9 Å². The van der Waals surface area contributed by atoms with Gasteiger partial charge in [-0.3, -0.25) is 9.69 Å². The Hall–Kier alpha value is -2.08. The third-order valence-electron chi connectivity index (χ3n) is 8.01. The molecular formula is C25H36N4O2. The van der Waals surface area contributed by atoms with Crippen molar-refractivity contribution in [2.45, 2.75) is 57.0 Å². The molecular weight excluding hydrogens is 388 g/mol. The first-order chi connectivity index (χ1) is 15.2. The predicted octanol–water partition coefficient (Wildman–Crippen LogP) is 2.74. The molecule has 6 nitrogen and oxygen atoms in total. The first kappa shape index (κ1) is 20.8. The molecule has 4 fully saturated rings. The fourth-order valence-electron chi connectivity index (χ4n) is 6.45. The van der Waals surface area contributed by atoms with Gasteiger partial charge in [-0.25, -0.2) is 4.79 Å². The molecule has 3 atom stereocenters. The molecule has 0 spiro atoms. The summed E-state index contributed by atoms with van der Waals surface area (Å²) in [5, 5.41) is 3.10. The van der Waals surface area contributed by atoms with Gasteiger partial charge in [0.15, 0.2) is 0 Å². The van der Waals surface area contributed by atoms with Crippen molar-refractivity contribution in [3.63, 3.8) is 0 Å². The van der Waals surface area contributed by atoms with E-state index >= 15 is 0 Å². The summed E-state index contributed by atoms with van der Waals surface area (Å²) < 4.78 is 0. The number of carbonyl (C=O) groups excluding carboxylic acids is 2. The molecule has 0 aliphatic carbocycles. The lowest BCUT2D eigenvalue weighted by Crippen LogP contribution is -2.62. The fourth-order valence-corrected chi connectivity index (χ4v) is 6.45. The van der Waals surface area contributed by atoms with Gasteiger partial charge >= 0.3 is 6.03 Å². The van der Waals surface area contributed by atoms with Crippen LogP contribution in [0.1, 0.15) is 44.1 Å². The summed E-state index contributed by atoms with van der Waals surface area (Å²) in [6.45, 7) is 5.62. The van der Waals surface area contributed by atoms with Crippen molar-refractivity contribution in [3.8, 4) is 0 Å². The summed E-state index contributed by atoms with van der Waals surface area (Å²) in [5.74, 6) is 1.68. The molecule has 1 aromatic rings. The zero-order valence-corrected chi connectivity index (χ0v) is 18.5. The lowest BCUT2D eigenvalue weighted by Gasteiger charge is -2.54. The van der Waals surface area contributed by atoms with E-state index in [4.69, 9.17) is 0 Å². The van der Waals surface area contributed by atoms with Crippen LogP contribution in [0.3, 0.4) is 0 Å². The lowest BCUT2D eigenvalue weighted by atomic mass is 9.75. The van der Waals surface area contributed by atoms with Crippen molar-refractivity contribution >= 4 is 11.9 Å². The van der Waals surface area contributed by atoms with Gasteiger partial charge < -0.3 is 15.1 Å². The van der Waals surface area contributed by atoms with Crippen LogP contribution >= 0.6 is 0 Å². The predicted molar refractivity (Wildman–Crippen MR) is 121 cm³/mol. The van der Waals surface area contributed by atoms with Gasteiger partial charge in [0.25, 0.3) is 0 Å². The third kappa shape index (κ3) is 4.59. The lowest BCUT2D eigenvalue weighted by molar-refractivity contribution is -0.145. The van der Waals surface area contributed by atoms with E-state index < -0.39 is 0 Å². The van der Waals surface area contributed by atoms with Gasteiger partial charge in [0.2, 0.25) is 5.91 Å². The van der Waals surface area contributed by atoms with Crippen molar-refractivity contribution in [1.29, 1.82) is 0 Å². The van der Waals surface area contributed by atoms with Crippen molar-refractivity contribution < 1.29 is 9.59 Å². The number of carbonyl (C=O) groups is 2. The number of fused-ring (bicyclic) bond motifs is 4. The molecule has 168 valence electrons. The third-order valence-corrected chi connectivity index (χ3v) is 8.01. The van der Waals surface area contributed by atoms with E-state index in [-0.39, 0.29) is 6.03 Å². The number of likely N-dealkylation sites (tertiary alicyclic amines) is 2. The van der Waals surface area contributed by atoms with E-state index in [1.165, 1.54) is 18.4 Å². The van der Waals surface area contributed by atoms with Crippen molar-refractivity contribution in [2.75, 3.05) is 39.3 Å². The molecule has 0 saturated carbocycles. The number of nitrogens with one attached hydrogen (secondary N) is 1. The van der Waals surface area contributed by atoms with E-state index in [9.17, 15) is 9.59 Å². The van der Waals surface area contributed by atoms with Crippen molar-refractivity contribution in [2.24, 2.45) is 11.8 Å². The first-order valence-electron chi connectivity index (χ1n) is 12.3. The van der Waals surface area contributed by atoms with Gasteiger partial charge in [-0.15, -0.1) is 0 Å². The summed E-state index contributed by atoms with van der Waals surface area (Å²) >= 11 is 0. The second kappa shape index (κ2) is 9.19. The largest absolute Gasteiger partial charge is 0.339 e. The molecule has 4 saturated heterocycles. The van der Waals surface area contributed by atoms with Crippen LogP contribution in [0.2, 0.25) is 0 Å². The molecule has 4 heterocycles. The van der Waals surface area contributed by atoms with E-state index in [2.05, 4.69) is 27.2 Å². The van der Waals surface area contributed by atoms with Crippen LogP contribution in [-0.4, -0.2) is 78.0 Å². The standard InChI is InChI=1S/C25H36N4O2/c30-24-8-4-7-23-21-15-20(17-29(23)24)16-28(18-21)22-10-13-27(14-11-22)25(31)26-12-9-19-5-2-1-3-6-19/h1-3,5-6,20-23H,4,7-18H2,(H,26,31)/t20-,21-,23-/m1/s1. The Bertz CT molecular complexity index is 777. The maximum atomic E-state index is 12.6. The molecule has 4 aliphatic rings. The summed E-state index contributed by atoms with van der Waals surface area (Å²) in [6.07, 6.45) is 7.33. The summed E-state index contributed by atoms with van der Waals surface area (Å²) in [5.41, 5.74) is 1.26. The van der Waals surface area contributed by atoms with Gasteiger partial charge in [0.1, 0.15) is 0 Å². The molecule has 1 N–H and O–H groups in total. The van der Waals surface area contributed by atoms with E-state index in [1.54, 1.807) is 0 Å². The van der Waals surface area contributed by atoms with Gasteiger partial charge in [-0.2, -0.15) is 0 Å². The van der Waals surface area contributed by atoms with Gasteiger partial charge in [0, 0.05) is 57.8 Å². The Morgan fingerprint density at radius 1 is 1.03 bits per heavy atom. The maximum Gasteiger partial charge on any atom is 0.317 e. The monoisotopic (exact) mass is 424 g/mol. The summed E-state index contributed by atoms with van der Waals surface area (Å²) in [6, 6.07) is 11.5. The zero-order valence-electron chi connectivity index (χ0n) is 18.5. The van der Waals surface area contributed by atoms with Gasteiger partial charge in [-0.1, -0.05) is 30.3 Å². The Labute approximate surface area is 185 Å². The second-order valence-electron chi connectivity index (χ2n) is 10.0. The minimum absolute atomic E-state index is 0.0845. The zero-order chi connectivity index (χ0) is 21.2. The average Bonchev–Trinajstić information content (AvgIpc) is 2.80. The Morgan fingerprint density at radius 2 is 1.84 bits per heavy atom. The Kier molecular flexibility index (Phi) is 6.17. The molecule has 0 radical (unpaired) electrons. The van der Waals surface area contributed by atoms with Crippen LogP contribution < -0.4 is 5.32 Å². The van der Waals surface area contributed by atoms with Crippen LogP contribution in [0, 0.1) is 11.8 Å². The number of nitrogens with zero attached hydrogens (tertiary/aromatic N) is 3. The maximum absolute atomic E-state index is 12.6. The summed E-state index contributed by atoms with van der Waals surface area (Å²) in [7, 11) is 0. The van der Waals surface area contributed by atoms with Crippen LogP contribution in [0.15, 0.2) is 30.3 Å². The van der Waals surface area contributed by atoms with E-state index in [0.717, 1.165) is 64.8 Å². The van der Waals surface area contributed by atoms with Crippen LogP contribution in [0.25, 0.3) is 0 Å². The molecule has 4 aliphatic heterocycles. The number of hydrogen-bond acceptors (Lipinski definition) is 3. The number of rotatable bonds is 4. The Morgan fingerprint density at radius 3 is 2.65 bits per heavy atom. The van der Waals surface area contributed by atoms with Crippen LogP contribution in [-0.2, 0) is 11.2 Å². The van der Waals surface area contributed by atoms with Crippen LogP contribution in [0.5, 0.6) is 0 Å². The fraction of sp³-hybridized carbons (Fsp3) is 0.680. The number of urea groups is 1. The first-order valence-corrected chi connectivity index (χ1v) is 12.3. The molecule has 31 heavy (non-hydrogen) atoms. The number of amides is 3. The highest BCUT2D eigenvalue weighted by Crippen LogP contribution is 2.39. The normalized spacial score (nSPS) is 29.5. The average molecular weight is 425 g/mol. The minimum Gasteiger partial charge on any atom is -0.339 e. The Balaban J connectivity index is 1.08. The molecule has 5 rings (SSSR count). The topological polar surface area (TPSA) is 55.9 Å². The van der Waals surface area contributed by atoms with Gasteiger partial charge in [-0.05, 0) is 55.9 Å². The molecule has 0 aromatic heterocycles. The molecule has 0 unspecified atom stereocenters. The molecule has 6 heteroatoms. The molecule has 3 amide bonds. The second-order valence-corrected chi connectivity index (χ2v) is 10.0. The quantitative estimate of drug-likeness (QED) is 0.809. The smallest absolute Gasteiger partial charge is 0.317 e. The number of hydrogen-bond donors (Lipinski definition) is 1. The van der Waals surface area contributed by atoms with Crippen molar-refractivity contribution in [1.82, 2.24) is 20.0 Å². The van der Waals surface area contributed by atoms with Gasteiger partial charge in [0.05, 0.1) is 0 Å². The number of piperidine rings is 4. The van der Waals surface area contributed by atoms with Crippen LogP contribution in [0.4, 0.5) is 4.79 Å². The summed E-state index contributed by atoms with van der Waals surface area (Å²) in [4.78, 5) is 31.9. The van der Waals surface area contributed by atoms with E-state index in [1.807, 2.05) is 23.1 Å². The highest BCUT2D eigenvalue weighted by Gasteiger charge is 2.45. The van der Waals surface area contributed by atoms with E-state index in [0.29, 0.717) is 36.4 Å². The molecule has 1 aromatic carbocycles. The highest BCUT2D eigenvalue weighted by atomic mass is 16.2. The number of benzene rings is 1. The molecule has 2 bridgehead atoms. The highest BCUT2D eigenvalue weighted by molar-refractivity contribution is 5.77. The SMILES string of the molecule is O=C(NCCc1ccccc1)N1CCC(N2C[C@H]3C[C@H](C2)[C@H]2CCCC(=O)N2C3)CC1. The minimum atomic E-state index is 0.0845.